The van der Waals surface area contributed by atoms with E-state index in [1.807, 2.05) is 13.8 Å². The Labute approximate surface area is 72.9 Å². The summed E-state index contributed by atoms with van der Waals surface area (Å²) >= 11 is 0. The molecule has 0 saturated carbocycles. The first-order valence-corrected chi connectivity index (χ1v) is 3.87. The van der Waals surface area contributed by atoms with Gasteiger partial charge < -0.3 is 5.32 Å². The molecule has 0 aliphatic rings. The Kier molecular flexibility index (Phi) is 11.1. The van der Waals surface area contributed by atoms with Crippen molar-refractivity contribution in [3.63, 3.8) is 0 Å². The second-order valence-electron chi connectivity index (χ2n) is 1.71. The Morgan fingerprint density at radius 1 is 1.25 bits per heavy atom. The van der Waals surface area contributed by atoms with Crippen LogP contribution in [0, 0.1) is 0 Å². The van der Waals surface area contributed by atoms with Gasteiger partial charge in [0.1, 0.15) is 0 Å². The highest BCUT2D eigenvalue weighted by molar-refractivity contribution is 5.83. The van der Waals surface area contributed by atoms with Gasteiger partial charge in [-0.05, 0) is 0 Å². The van der Waals surface area contributed by atoms with Gasteiger partial charge in [-0.3, -0.25) is 15.0 Å². The van der Waals surface area contributed by atoms with Gasteiger partial charge in [0.05, 0.1) is 6.54 Å². The van der Waals surface area contributed by atoms with Crippen molar-refractivity contribution in [2.24, 2.45) is 0 Å². The number of rotatable bonds is 3. The van der Waals surface area contributed by atoms with Gasteiger partial charge in [0.25, 0.3) is 5.91 Å². The molecule has 0 aromatic rings. The average Bonchev–Trinajstić information content (AvgIpc) is 2.05. The van der Waals surface area contributed by atoms with Gasteiger partial charge in [-0.1, -0.05) is 13.8 Å². The molecule has 5 heteroatoms. The molecule has 0 unspecified atom stereocenters. The van der Waals surface area contributed by atoms with Crippen LogP contribution in [0.5, 0.6) is 0 Å². The lowest BCUT2D eigenvalue weighted by molar-refractivity contribution is -0.125. The number of carbonyl (C=O) groups excluding carboxylic acids is 2. The third-order valence-corrected chi connectivity index (χ3v) is 0.762. The molecule has 0 spiro atoms. The summed E-state index contributed by atoms with van der Waals surface area (Å²) in [6.45, 7) is 5.36. The number of hydrogen-bond donors (Lipinski definition) is 3. The van der Waals surface area contributed by atoms with E-state index >= 15 is 0 Å². The zero-order valence-electron chi connectivity index (χ0n) is 8.02. The van der Waals surface area contributed by atoms with E-state index in [9.17, 15) is 9.59 Å². The number of hydrazine groups is 1. The standard InChI is InChI=1S/C5H11N3O2.C2H6/c1-4(9)7-3-5(10)8-6-2;1-2/h6H,3H2,1-2H3,(H,7,9)(H,8,10);1-2H3. The van der Waals surface area contributed by atoms with E-state index in [1.165, 1.54) is 6.92 Å². The monoisotopic (exact) mass is 175 g/mol. The lowest BCUT2D eigenvalue weighted by Crippen LogP contribution is -2.41. The van der Waals surface area contributed by atoms with Crippen molar-refractivity contribution in [1.82, 2.24) is 16.2 Å². The summed E-state index contributed by atoms with van der Waals surface area (Å²) in [6.07, 6.45) is 0. The van der Waals surface area contributed by atoms with Crippen LogP contribution in [0.15, 0.2) is 0 Å². The van der Waals surface area contributed by atoms with Crippen LogP contribution in [-0.4, -0.2) is 25.4 Å². The molecule has 0 rings (SSSR count). The maximum atomic E-state index is 10.6. The van der Waals surface area contributed by atoms with Crippen LogP contribution >= 0.6 is 0 Å². The van der Waals surface area contributed by atoms with Crippen molar-refractivity contribution in [2.45, 2.75) is 20.8 Å². The van der Waals surface area contributed by atoms with Crippen molar-refractivity contribution >= 4 is 11.8 Å². The second-order valence-corrected chi connectivity index (χ2v) is 1.71. The SMILES string of the molecule is CC.CNNC(=O)CNC(C)=O. The number of amides is 2. The van der Waals surface area contributed by atoms with Crippen LogP contribution in [0.3, 0.4) is 0 Å². The molecule has 3 N–H and O–H groups in total. The minimum absolute atomic E-state index is 0.0101. The summed E-state index contributed by atoms with van der Waals surface area (Å²) in [5, 5.41) is 2.34. The first kappa shape index (κ1) is 13.5. The molecule has 0 heterocycles. The largest absolute Gasteiger partial charge is 0.347 e. The van der Waals surface area contributed by atoms with Crippen LogP contribution in [0.4, 0.5) is 0 Å². The normalized spacial score (nSPS) is 7.67. The number of hydrogen-bond acceptors (Lipinski definition) is 3. The molecule has 0 aromatic heterocycles. The van der Waals surface area contributed by atoms with Crippen LogP contribution in [0.1, 0.15) is 20.8 Å². The molecule has 12 heavy (non-hydrogen) atoms. The van der Waals surface area contributed by atoms with E-state index in [0.717, 1.165) is 0 Å². The fraction of sp³-hybridized carbons (Fsp3) is 0.714. The second kappa shape index (κ2) is 9.90. The first-order valence-electron chi connectivity index (χ1n) is 3.87. The molecule has 72 valence electrons. The van der Waals surface area contributed by atoms with Gasteiger partial charge >= 0.3 is 0 Å². The highest BCUT2D eigenvalue weighted by Gasteiger charge is 1.97. The highest BCUT2D eigenvalue weighted by atomic mass is 16.2. The molecule has 0 saturated heterocycles. The van der Waals surface area contributed by atoms with E-state index in [1.54, 1.807) is 7.05 Å². The van der Waals surface area contributed by atoms with Gasteiger partial charge in [0.15, 0.2) is 0 Å². The lowest BCUT2D eigenvalue weighted by Gasteiger charge is -2.01. The van der Waals surface area contributed by atoms with Crippen molar-refractivity contribution < 1.29 is 9.59 Å². The molecule has 0 atom stereocenters. The molecule has 2 amide bonds. The van der Waals surface area contributed by atoms with Crippen LogP contribution in [0.2, 0.25) is 0 Å². The molecular formula is C7H17N3O2. The summed E-state index contributed by atoms with van der Waals surface area (Å²) in [4.78, 5) is 20.8. The molecule has 0 radical (unpaired) electrons. The molecule has 5 nitrogen and oxygen atoms in total. The van der Waals surface area contributed by atoms with E-state index in [0.29, 0.717) is 0 Å². The Morgan fingerprint density at radius 3 is 2.08 bits per heavy atom. The molecule has 0 fully saturated rings. The maximum Gasteiger partial charge on any atom is 0.253 e. The van der Waals surface area contributed by atoms with Crippen molar-refractivity contribution in [3.8, 4) is 0 Å². The predicted molar refractivity (Wildman–Crippen MR) is 47.2 cm³/mol. The number of nitrogens with one attached hydrogen (secondary N) is 3. The zero-order valence-corrected chi connectivity index (χ0v) is 8.02. The molecule has 0 bridgehead atoms. The summed E-state index contributed by atoms with van der Waals surface area (Å²) in [5.74, 6) is -0.482. The van der Waals surface area contributed by atoms with Crippen LogP contribution in [0.25, 0.3) is 0 Å². The Balaban J connectivity index is 0. The molecule has 0 aliphatic carbocycles. The first-order chi connectivity index (χ1) is 5.66. The maximum absolute atomic E-state index is 10.6. The fourth-order valence-electron chi connectivity index (χ4n) is 0.388. The summed E-state index contributed by atoms with van der Waals surface area (Å²) < 4.78 is 0. The Hall–Kier alpha value is -1.10. The van der Waals surface area contributed by atoms with Crippen molar-refractivity contribution in [2.75, 3.05) is 13.6 Å². The third-order valence-electron chi connectivity index (χ3n) is 0.762. The average molecular weight is 175 g/mol. The third kappa shape index (κ3) is 11.7. The van der Waals surface area contributed by atoms with Crippen molar-refractivity contribution in [3.05, 3.63) is 0 Å². The van der Waals surface area contributed by atoms with Gasteiger partial charge in [-0.15, -0.1) is 0 Å². The minimum Gasteiger partial charge on any atom is -0.347 e. The lowest BCUT2D eigenvalue weighted by atomic mass is 10.6. The molecule has 0 aromatic carbocycles. The smallest absolute Gasteiger partial charge is 0.253 e. The highest BCUT2D eigenvalue weighted by Crippen LogP contribution is 1.61. The summed E-state index contributed by atoms with van der Waals surface area (Å²) in [6, 6.07) is 0. The number of carbonyl (C=O) groups is 2. The molecular weight excluding hydrogens is 158 g/mol. The Morgan fingerprint density at radius 2 is 1.75 bits per heavy atom. The van der Waals surface area contributed by atoms with Crippen LogP contribution in [-0.2, 0) is 9.59 Å². The van der Waals surface area contributed by atoms with E-state index in [4.69, 9.17) is 0 Å². The van der Waals surface area contributed by atoms with Crippen molar-refractivity contribution in [1.29, 1.82) is 0 Å². The van der Waals surface area contributed by atoms with Gasteiger partial charge in [0.2, 0.25) is 5.91 Å². The Bertz CT molecular complexity index is 137. The predicted octanol–water partition coefficient (Wildman–Crippen LogP) is -0.601. The topological polar surface area (TPSA) is 70.2 Å². The van der Waals surface area contributed by atoms with Gasteiger partial charge in [0, 0.05) is 14.0 Å². The van der Waals surface area contributed by atoms with Gasteiger partial charge in [-0.2, -0.15) is 0 Å². The minimum atomic E-state index is -0.266. The summed E-state index contributed by atoms with van der Waals surface area (Å²) in [5.41, 5.74) is 4.74. The zero-order chi connectivity index (χ0) is 9.98. The van der Waals surface area contributed by atoms with Crippen LogP contribution < -0.4 is 16.2 Å². The van der Waals surface area contributed by atoms with Gasteiger partial charge in [-0.25, -0.2) is 5.43 Å². The quantitative estimate of drug-likeness (QED) is 0.502. The summed E-state index contributed by atoms with van der Waals surface area (Å²) in [7, 11) is 1.58. The van der Waals surface area contributed by atoms with E-state index < -0.39 is 0 Å². The molecule has 0 aliphatic heterocycles. The van der Waals surface area contributed by atoms with E-state index in [-0.39, 0.29) is 18.4 Å². The van der Waals surface area contributed by atoms with E-state index in [2.05, 4.69) is 16.2 Å². The fourth-order valence-corrected chi connectivity index (χ4v) is 0.388.